The number of rotatable bonds is 4. The Morgan fingerprint density at radius 2 is 2.19 bits per heavy atom. The molecule has 5 heteroatoms. The highest BCUT2D eigenvalue weighted by Crippen LogP contribution is 2.18. The molecule has 0 aliphatic rings. The van der Waals surface area contributed by atoms with Crippen LogP contribution in [0.5, 0.6) is 0 Å². The lowest BCUT2D eigenvalue weighted by atomic mass is 10.3. The standard InChI is InChI=1S/C11H16N2O2S/c1-2-13(7-8-14)11(15)12-9-5-3-4-6-10(9)16/h3-6,14,16H,2,7-8H2,1H3,(H,12,15). The molecule has 0 bridgehead atoms. The quantitative estimate of drug-likeness (QED) is 0.703. The fourth-order valence-corrected chi connectivity index (χ4v) is 1.51. The van der Waals surface area contributed by atoms with E-state index < -0.39 is 0 Å². The average Bonchev–Trinajstić information content (AvgIpc) is 2.29. The molecule has 16 heavy (non-hydrogen) atoms. The summed E-state index contributed by atoms with van der Waals surface area (Å²) in [5.41, 5.74) is 0.673. The van der Waals surface area contributed by atoms with E-state index in [1.807, 2.05) is 19.1 Å². The van der Waals surface area contributed by atoms with E-state index in [2.05, 4.69) is 17.9 Å². The average molecular weight is 240 g/mol. The first-order valence-corrected chi connectivity index (χ1v) is 5.58. The van der Waals surface area contributed by atoms with Crippen molar-refractivity contribution in [2.24, 2.45) is 0 Å². The third-order valence-corrected chi connectivity index (χ3v) is 2.57. The van der Waals surface area contributed by atoms with E-state index in [0.29, 0.717) is 18.8 Å². The van der Waals surface area contributed by atoms with Crippen molar-refractivity contribution in [1.82, 2.24) is 4.90 Å². The summed E-state index contributed by atoms with van der Waals surface area (Å²) in [6.45, 7) is 2.71. The van der Waals surface area contributed by atoms with Gasteiger partial charge in [-0.2, -0.15) is 0 Å². The Labute approximate surface area is 101 Å². The van der Waals surface area contributed by atoms with E-state index in [9.17, 15) is 4.79 Å². The smallest absolute Gasteiger partial charge is 0.321 e. The third-order valence-electron chi connectivity index (χ3n) is 2.18. The first-order valence-electron chi connectivity index (χ1n) is 5.13. The Morgan fingerprint density at radius 1 is 1.50 bits per heavy atom. The monoisotopic (exact) mass is 240 g/mol. The Morgan fingerprint density at radius 3 is 2.75 bits per heavy atom. The van der Waals surface area contributed by atoms with Gasteiger partial charge in [0.25, 0.3) is 0 Å². The van der Waals surface area contributed by atoms with Gasteiger partial charge in [0.15, 0.2) is 0 Å². The fourth-order valence-electron chi connectivity index (χ4n) is 1.30. The number of aliphatic hydroxyl groups is 1. The van der Waals surface area contributed by atoms with Crippen molar-refractivity contribution in [1.29, 1.82) is 0 Å². The van der Waals surface area contributed by atoms with Gasteiger partial charge in [-0.05, 0) is 19.1 Å². The summed E-state index contributed by atoms with van der Waals surface area (Å²) in [6.07, 6.45) is 0. The maximum absolute atomic E-state index is 11.8. The molecule has 4 nitrogen and oxygen atoms in total. The fraction of sp³-hybridized carbons (Fsp3) is 0.364. The summed E-state index contributed by atoms with van der Waals surface area (Å²) in [4.78, 5) is 14.0. The molecule has 0 radical (unpaired) electrons. The van der Waals surface area contributed by atoms with E-state index in [0.717, 1.165) is 4.90 Å². The zero-order valence-corrected chi connectivity index (χ0v) is 10.1. The second-order valence-electron chi connectivity index (χ2n) is 3.25. The lowest BCUT2D eigenvalue weighted by molar-refractivity contribution is 0.192. The molecular formula is C11H16N2O2S. The van der Waals surface area contributed by atoms with Gasteiger partial charge >= 0.3 is 6.03 Å². The molecule has 0 spiro atoms. The number of carbonyl (C=O) groups is 1. The molecule has 2 N–H and O–H groups in total. The molecule has 1 aromatic rings. The number of carbonyl (C=O) groups excluding carboxylic acids is 1. The van der Waals surface area contributed by atoms with Crippen LogP contribution >= 0.6 is 12.6 Å². The van der Waals surface area contributed by atoms with Crippen molar-refractivity contribution < 1.29 is 9.90 Å². The molecule has 88 valence electrons. The van der Waals surface area contributed by atoms with E-state index >= 15 is 0 Å². The minimum Gasteiger partial charge on any atom is -0.395 e. The molecule has 0 heterocycles. The van der Waals surface area contributed by atoms with Crippen LogP contribution in [-0.4, -0.2) is 35.7 Å². The number of benzene rings is 1. The minimum atomic E-state index is -0.224. The van der Waals surface area contributed by atoms with E-state index in [1.165, 1.54) is 4.90 Å². The number of nitrogens with one attached hydrogen (secondary N) is 1. The van der Waals surface area contributed by atoms with E-state index in [1.54, 1.807) is 12.1 Å². The van der Waals surface area contributed by atoms with Gasteiger partial charge in [0.05, 0.1) is 12.3 Å². The number of anilines is 1. The van der Waals surface area contributed by atoms with Gasteiger partial charge in [-0.1, -0.05) is 12.1 Å². The van der Waals surface area contributed by atoms with Crippen molar-refractivity contribution in [3.8, 4) is 0 Å². The molecule has 0 saturated heterocycles. The van der Waals surface area contributed by atoms with Crippen LogP contribution in [0.1, 0.15) is 6.92 Å². The van der Waals surface area contributed by atoms with E-state index in [-0.39, 0.29) is 12.6 Å². The molecular weight excluding hydrogens is 224 g/mol. The van der Waals surface area contributed by atoms with Gasteiger partial charge in [0.1, 0.15) is 0 Å². The van der Waals surface area contributed by atoms with Crippen molar-refractivity contribution >= 4 is 24.3 Å². The maximum Gasteiger partial charge on any atom is 0.321 e. The highest BCUT2D eigenvalue weighted by Gasteiger charge is 2.11. The summed E-state index contributed by atoms with van der Waals surface area (Å²) in [5.74, 6) is 0. The van der Waals surface area contributed by atoms with Gasteiger partial charge in [-0.15, -0.1) is 12.6 Å². The zero-order chi connectivity index (χ0) is 12.0. The lowest BCUT2D eigenvalue weighted by Gasteiger charge is -2.20. The van der Waals surface area contributed by atoms with Crippen LogP contribution in [0.25, 0.3) is 0 Å². The van der Waals surface area contributed by atoms with Crippen LogP contribution in [0, 0.1) is 0 Å². The predicted octanol–water partition coefficient (Wildman–Crippen LogP) is 1.82. The Bertz CT molecular complexity index is 358. The van der Waals surface area contributed by atoms with Crippen LogP contribution in [-0.2, 0) is 0 Å². The van der Waals surface area contributed by atoms with Crippen molar-refractivity contribution in [3.63, 3.8) is 0 Å². The molecule has 0 fully saturated rings. The molecule has 2 amide bonds. The summed E-state index contributed by atoms with van der Waals surface area (Å²) >= 11 is 4.24. The normalized spacial score (nSPS) is 9.94. The minimum absolute atomic E-state index is 0.0379. The molecule has 0 unspecified atom stereocenters. The van der Waals surface area contributed by atoms with Crippen molar-refractivity contribution in [2.45, 2.75) is 11.8 Å². The number of likely N-dealkylation sites (N-methyl/N-ethyl adjacent to an activating group) is 1. The topological polar surface area (TPSA) is 52.6 Å². The number of amides is 2. The lowest BCUT2D eigenvalue weighted by Crippen LogP contribution is -2.36. The van der Waals surface area contributed by atoms with E-state index in [4.69, 9.17) is 5.11 Å². The van der Waals surface area contributed by atoms with Crippen molar-refractivity contribution in [3.05, 3.63) is 24.3 Å². The molecule has 0 aliphatic carbocycles. The van der Waals surface area contributed by atoms with Gasteiger partial charge in [0.2, 0.25) is 0 Å². The Balaban J connectivity index is 2.66. The van der Waals surface area contributed by atoms with Gasteiger partial charge in [0, 0.05) is 18.0 Å². The first-order chi connectivity index (χ1) is 7.69. The highest BCUT2D eigenvalue weighted by atomic mass is 32.1. The SMILES string of the molecule is CCN(CCO)C(=O)Nc1ccccc1S. The maximum atomic E-state index is 11.8. The molecule has 0 aliphatic heterocycles. The third kappa shape index (κ3) is 3.43. The second-order valence-corrected chi connectivity index (χ2v) is 3.73. The molecule has 0 aromatic heterocycles. The Kier molecular flexibility index (Phi) is 5.14. The number of hydrogen-bond donors (Lipinski definition) is 3. The van der Waals surface area contributed by atoms with Crippen LogP contribution < -0.4 is 5.32 Å². The second kappa shape index (κ2) is 6.40. The first kappa shape index (κ1) is 12.9. The predicted molar refractivity (Wildman–Crippen MR) is 67.0 cm³/mol. The number of para-hydroxylation sites is 1. The molecule has 0 saturated carbocycles. The summed E-state index contributed by atoms with van der Waals surface area (Å²) < 4.78 is 0. The summed E-state index contributed by atoms with van der Waals surface area (Å²) in [6, 6.07) is 7.05. The summed E-state index contributed by atoms with van der Waals surface area (Å²) in [7, 11) is 0. The van der Waals surface area contributed by atoms with Crippen LogP contribution in [0.3, 0.4) is 0 Å². The number of nitrogens with zero attached hydrogens (tertiary/aromatic N) is 1. The number of urea groups is 1. The Hall–Kier alpha value is -1.20. The van der Waals surface area contributed by atoms with Crippen molar-refractivity contribution in [2.75, 3.05) is 25.0 Å². The largest absolute Gasteiger partial charge is 0.395 e. The van der Waals surface area contributed by atoms with Crippen LogP contribution in [0.2, 0.25) is 0 Å². The summed E-state index contributed by atoms with van der Waals surface area (Å²) in [5, 5.41) is 11.5. The zero-order valence-electron chi connectivity index (χ0n) is 9.18. The number of aliphatic hydroxyl groups excluding tert-OH is 1. The number of hydrogen-bond acceptors (Lipinski definition) is 3. The van der Waals surface area contributed by atoms with Gasteiger partial charge < -0.3 is 15.3 Å². The van der Waals surface area contributed by atoms with Gasteiger partial charge in [-0.25, -0.2) is 4.79 Å². The van der Waals surface area contributed by atoms with Gasteiger partial charge in [-0.3, -0.25) is 0 Å². The molecule has 0 atom stereocenters. The highest BCUT2D eigenvalue weighted by molar-refractivity contribution is 7.80. The molecule has 1 aromatic carbocycles. The van der Waals surface area contributed by atoms with Crippen LogP contribution in [0.4, 0.5) is 10.5 Å². The number of thiol groups is 1. The van der Waals surface area contributed by atoms with Crippen LogP contribution in [0.15, 0.2) is 29.2 Å². The molecule has 1 rings (SSSR count).